The third kappa shape index (κ3) is 2.83. The molecule has 0 aliphatic carbocycles. The highest BCUT2D eigenvalue weighted by molar-refractivity contribution is 9.15. The number of hydrogen-bond donors (Lipinski definition) is 2. The molecule has 8 bridgehead atoms. The summed E-state index contributed by atoms with van der Waals surface area (Å²) in [6, 6.07) is 16.3. The monoisotopic (exact) mass is 388 g/mol. The summed E-state index contributed by atoms with van der Waals surface area (Å²) < 4.78 is 0.975. The molecular formula is C20H13BrN4. The highest BCUT2D eigenvalue weighted by atomic mass is 79.9. The fraction of sp³-hybridized carbons (Fsp3) is 0. The van der Waals surface area contributed by atoms with Crippen molar-refractivity contribution >= 4 is 60.7 Å². The lowest BCUT2D eigenvalue weighted by molar-refractivity contribution is 1.31. The molecule has 0 unspecified atom stereocenters. The molecule has 3 aromatic rings. The van der Waals surface area contributed by atoms with Gasteiger partial charge in [0, 0.05) is 26.5 Å². The van der Waals surface area contributed by atoms with E-state index in [0.29, 0.717) is 0 Å². The Morgan fingerprint density at radius 2 is 1.16 bits per heavy atom. The lowest BCUT2D eigenvalue weighted by Gasteiger charge is -1.87. The maximum Gasteiger partial charge on any atom is 0.0800 e. The summed E-state index contributed by atoms with van der Waals surface area (Å²) in [5.41, 5.74) is 7.72. The van der Waals surface area contributed by atoms with Gasteiger partial charge in [-0.25, -0.2) is 9.97 Å². The van der Waals surface area contributed by atoms with E-state index in [9.17, 15) is 0 Å². The van der Waals surface area contributed by atoms with Crippen LogP contribution in [-0.4, -0.2) is 19.9 Å². The van der Waals surface area contributed by atoms with Gasteiger partial charge in [0.15, 0.2) is 0 Å². The van der Waals surface area contributed by atoms with Gasteiger partial charge in [0.2, 0.25) is 0 Å². The molecular weight excluding hydrogens is 376 g/mol. The third-order valence-electron chi connectivity index (χ3n) is 4.12. The van der Waals surface area contributed by atoms with Crippen molar-refractivity contribution in [1.29, 1.82) is 0 Å². The molecule has 2 N–H and O–H groups in total. The average molecular weight is 389 g/mol. The zero-order chi connectivity index (χ0) is 16.8. The molecule has 0 saturated carbocycles. The Morgan fingerprint density at radius 3 is 1.76 bits per heavy atom. The quantitative estimate of drug-likeness (QED) is 0.424. The summed E-state index contributed by atoms with van der Waals surface area (Å²) >= 11 is 3.60. The molecule has 0 radical (unpaired) electrons. The molecule has 4 nitrogen and oxygen atoms in total. The molecule has 3 aromatic heterocycles. The Labute approximate surface area is 152 Å². The van der Waals surface area contributed by atoms with Crippen molar-refractivity contribution in [3.63, 3.8) is 0 Å². The highest BCUT2D eigenvalue weighted by Crippen LogP contribution is 2.27. The molecule has 5 heterocycles. The molecule has 0 spiro atoms. The molecule has 5 rings (SSSR count). The second kappa shape index (κ2) is 5.57. The summed E-state index contributed by atoms with van der Waals surface area (Å²) in [6.45, 7) is 0. The van der Waals surface area contributed by atoms with Crippen LogP contribution in [0.25, 0.3) is 44.8 Å². The summed E-state index contributed by atoms with van der Waals surface area (Å²) in [5, 5.41) is 0. The van der Waals surface area contributed by atoms with Crippen LogP contribution >= 0.6 is 15.9 Å². The number of nitrogens with zero attached hydrogens (tertiary/aromatic N) is 2. The van der Waals surface area contributed by atoms with E-state index in [-0.39, 0.29) is 0 Å². The van der Waals surface area contributed by atoms with Crippen molar-refractivity contribution in [2.75, 3.05) is 0 Å². The van der Waals surface area contributed by atoms with Crippen molar-refractivity contribution in [2.45, 2.75) is 0 Å². The van der Waals surface area contributed by atoms with Gasteiger partial charge in [-0.1, -0.05) is 0 Å². The Bertz CT molecular complexity index is 1210. The number of H-pyrrole nitrogens is 2. The first kappa shape index (κ1) is 14.4. The lowest BCUT2D eigenvalue weighted by atomic mass is 10.3. The first-order chi connectivity index (χ1) is 12.2. The molecule has 0 fully saturated rings. The van der Waals surface area contributed by atoms with E-state index < -0.39 is 0 Å². The van der Waals surface area contributed by atoms with Crippen LogP contribution in [0.1, 0.15) is 22.8 Å². The zero-order valence-corrected chi connectivity index (χ0v) is 14.7. The Balaban J connectivity index is 1.86. The maximum atomic E-state index is 4.69. The first-order valence-corrected chi connectivity index (χ1v) is 8.75. The predicted molar refractivity (Wildman–Crippen MR) is 107 cm³/mol. The van der Waals surface area contributed by atoms with E-state index >= 15 is 0 Å². The average Bonchev–Trinajstić information content (AvgIpc) is 3.33. The number of nitrogens with one attached hydrogen (secondary N) is 2. The van der Waals surface area contributed by atoms with Gasteiger partial charge in [-0.3, -0.25) is 0 Å². The summed E-state index contributed by atoms with van der Waals surface area (Å²) in [6.07, 6.45) is 6.06. The fourth-order valence-corrected chi connectivity index (χ4v) is 3.42. The van der Waals surface area contributed by atoms with Gasteiger partial charge in [-0.15, -0.1) is 0 Å². The Kier molecular flexibility index (Phi) is 3.21. The largest absolute Gasteiger partial charge is 0.355 e. The van der Waals surface area contributed by atoms with E-state index in [0.717, 1.165) is 49.3 Å². The molecule has 0 atom stereocenters. The zero-order valence-electron chi connectivity index (χ0n) is 13.1. The minimum atomic E-state index is 0.902. The molecule has 5 heteroatoms. The number of hydrogen-bond acceptors (Lipinski definition) is 2. The molecule has 0 aromatic carbocycles. The highest BCUT2D eigenvalue weighted by Gasteiger charge is 2.07. The topological polar surface area (TPSA) is 57.4 Å². The molecule has 2 aliphatic heterocycles. The van der Waals surface area contributed by atoms with Crippen LogP contribution in [0, 0.1) is 0 Å². The van der Waals surface area contributed by atoms with Crippen molar-refractivity contribution < 1.29 is 0 Å². The van der Waals surface area contributed by atoms with Gasteiger partial charge in [0.25, 0.3) is 0 Å². The smallest absolute Gasteiger partial charge is 0.0800 e. The number of rotatable bonds is 0. The van der Waals surface area contributed by atoms with E-state index in [1.54, 1.807) is 0 Å². The van der Waals surface area contributed by atoms with E-state index in [1.807, 2.05) is 66.8 Å². The van der Waals surface area contributed by atoms with Gasteiger partial charge in [-0.05, 0) is 82.7 Å². The molecule has 0 saturated heterocycles. The van der Waals surface area contributed by atoms with Gasteiger partial charge >= 0.3 is 0 Å². The van der Waals surface area contributed by atoms with Crippen LogP contribution in [0.4, 0.5) is 0 Å². The van der Waals surface area contributed by atoms with Crippen molar-refractivity contribution in [2.24, 2.45) is 0 Å². The van der Waals surface area contributed by atoms with Crippen LogP contribution in [0.3, 0.4) is 0 Å². The Hall–Kier alpha value is -2.92. The van der Waals surface area contributed by atoms with Gasteiger partial charge in [-0.2, -0.15) is 0 Å². The fourth-order valence-electron chi connectivity index (χ4n) is 2.98. The van der Waals surface area contributed by atoms with E-state index in [4.69, 9.17) is 0 Å². The van der Waals surface area contributed by atoms with Crippen molar-refractivity contribution in [1.82, 2.24) is 19.9 Å². The molecule has 25 heavy (non-hydrogen) atoms. The predicted octanol–water partition coefficient (Wildman–Crippen LogP) is 5.38. The van der Waals surface area contributed by atoms with Gasteiger partial charge < -0.3 is 9.97 Å². The summed E-state index contributed by atoms with van der Waals surface area (Å²) in [5.74, 6) is 0. The second-order valence-electron chi connectivity index (χ2n) is 6.02. The normalized spacial score (nSPS) is 13.1. The number of halogens is 1. The van der Waals surface area contributed by atoms with Gasteiger partial charge in [0.05, 0.1) is 22.8 Å². The van der Waals surface area contributed by atoms with E-state index in [1.165, 1.54) is 0 Å². The van der Waals surface area contributed by atoms with Crippen LogP contribution < -0.4 is 0 Å². The van der Waals surface area contributed by atoms with Crippen LogP contribution in [0.2, 0.25) is 0 Å². The van der Waals surface area contributed by atoms with Gasteiger partial charge in [0.1, 0.15) is 0 Å². The third-order valence-corrected chi connectivity index (χ3v) is 4.75. The molecule has 2 aliphatic rings. The van der Waals surface area contributed by atoms with Crippen LogP contribution in [-0.2, 0) is 0 Å². The Morgan fingerprint density at radius 1 is 0.640 bits per heavy atom. The number of aromatic amines is 2. The lowest BCUT2D eigenvalue weighted by Crippen LogP contribution is -1.76. The second-order valence-corrected chi connectivity index (χ2v) is 6.88. The molecule has 0 amide bonds. The first-order valence-electron chi connectivity index (χ1n) is 7.95. The molecule has 120 valence electrons. The summed E-state index contributed by atoms with van der Waals surface area (Å²) in [4.78, 5) is 16.1. The SMILES string of the molecule is BrC1=Cc2cc3ccc(cc4nc(cc5ccc(cc1n2)[nH]5)C=C4)[nH]3. The van der Waals surface area contributed by atoms with Crippen LogP contribution in [0.5, 0.6) is 0 Å². The van der Waals surface area contributed by atoms with Crippen molar-refractivity contribution in [3.8, 4) is 0 Å². The standard InChI is InChI=1S/C20H13BrN4/c21-19-10-18-9-16-4-3-14(23-16)7-12-1-2-13(22-12)8-15-5-6-17(24-15)11-20(19)25-18/h1-11,23-24H. The number of fused-ring (bicyclic) bond motifs is 8. The maximum absolute atomic E-state index is 4.69. The summed E-state index contributed by atoms with van der Waals surface area (Å²) in [7, 11) is 0. The minimum absolute atomic E-state index is 0.902. The minimum Gasteiger partial charge on any atom is -0.355 e. The number of aromatic nitrogens is 4. The van der Waals surface area contributed by atoms with E-state index in [2.05, 4.69) is 35.9 Å². The van der Waals surface area contributed by atoms with Crippen molar-refractivity contribution in [3.05, 3.63) is 71.3 Å². The van der Waals surface area contributed by atoms with Crippen LogP contribution in [0.15, 0.2) is 48.5 Å².